The maximum atomic E-state index is 12.1. The summed E-state index contributed by atoms with van der Waals surface area (Å²) in [7, 11) is 9.02. The second-order valence-corrected chi connectivity index (χ2v) is 7.47. The first-order chi connectivity index (χ1) is 13.9. The van der Waals surface area contributed by atoms with E-state index in [1.165, 1.54) is 0 Å². The summed E-state index contributed by atoms with van der Waals surface area (Å²) < 4.78 is 11.3. The van der Waals surface area contributed by atoms with Crippen molar-refractivity contribution in [3.63, 3.8) is 0 Å². The van der Waals surface area contributed by atoms with Gasteiger partial charge < -0.3 is 19.3 Å². The number of hydrogen-bond acceptors (Lipinski definition) is 7. The molecule has 1 aromatic carbocycles. The van der Waals surface area contributed by atoms with Crippen LogP contribution in [0.5, 0.6) is 5.75 Å². The molecule has 0 aliphatic carbocycles. The van der Waals surface area contributed by atoms with Gasteiger partial charge in [0.15, 0.2) is 0 Å². The zero-order valence-corrected chi connectivity index (χ0v) is 17.8. The molecule has 3 rings (SSSR count). The Morgan fingerprint density at radius 1 is 1.24 bits per heavy atom. The van der Waals surface area contributed by atoms with Crippen molar-refractivity contribution in [2.75, 3.05) is 66.4 Å². The number of hydrogen-bond donors (Lipinski definition) is 0. The largest absolute Gasteiger partial charge is 0.497 e. The van der Waals surface area contributed by atoms with Gasteiger partial charge in [-0.3, -0.25) is 9.69 Å². The Kier molecular flexibility index (Phi) is 6.66. The number of morpholine rings is 1. The molecule has 1 amide bonds. The molecular formula is C21H29N5O3. The molecule has 0 bridgehead atoms. The molecule has 0 spiro atoms. The number of nitrogens with zero attached hydrogens (tertiary/aromatic N) is 5. The van der Waals surface area contributed by atoms with E-state index in [4.69, 9.17) is 14.5 Å². The quantitative estimate of drug-likeness (QED) is 0.732. The minimum Gasteiger partial charge on any atom is -0.497 e. The summed E-state index contributed by atoms with van der Waals surface area (Å²) >= 11 is 0. The van der Waals surface area contributed by atoms with E-state index in [0.29, 0.717) is 25.6 Å². The van der Waals surface area contributed by atoms with Gasteiger partial charge in [0, 0.05) is 53.0 Å². The van der Waals surface area contributed by atoms with E-state index < -0.39 is 0 Å². The fourth-order valence-electron chi connectivity index (χ4n) is 3.18. The van der Waals surface area contributed by atoms with Gasteiger partial charge in [-0.25, -0.2) is 9.97 Å². The zero-order chi connectivity index (χ0) is 21.0. The lowest BCUT2D eigenvalue weighted by Gasteiger charge is -2.33. The molecule has 2 aromatic rings. The van der Waals surface area contributed by atoms with Crippen LogP contribution in [0.4, 0.5) is 5.95 Å². The van der Waals surface area contributed by atoms with Crippen LogP contribution in [0.3, 0.4) is 0 Å². The van der Waals surface area contributed by atoms with Gasteiger partial charge in [0.1, 0.15) is 11.9 Å². The van der Waals surface area contributed by atoms with Crippen LogP contribution in [0.1, 0.15) is 11.8 Å². The molecule has 1 aromatic heterocycles. The van der Waals surface area contributed by atoms with E-state index in [-0.39, 0.29) is 12.0 Å². The van der Waals surface area contributed by atoms with Gasteiger partial charge in [-0.2, -0.15) is 0 Å². The average Bonchev–Trinajstić information content (AvgIpc) is 2.73. The summed E-state index contributed by atoms with van der Waals surface area (Å²) in [6.45, 7) is 2.25. The monoisotopic (exact) mass is 399 g/mol. The molecule has 0 saturated carbocycles. The van der Waals surface area contributed by atoms with Crippen molar-refractivity contribution in [3.8, 4) is 16.9 Å². The predicted octanol–water partition coefficient (Wildman–Crippen LogP) is 1.68. The average molecular weight is 399 g/mol. The fraction of sp³-hybridized carbons (Fsp3) is 0.476. The molecule has 29 heavy (non-hydrogen) atoms. The van der Waals surface area contributed by atoms with Crippen molar-refractivity contribution >= 4 is 11.9 Å². The summed E-state index contributed by atoms with van der Waals surface area (Å²) in [6.07, 6.45) is 1.60. The van der Waals surface area contributed by atoms with E-state index >= 15 is 0 Å². The number of rotatable bonds is 6. The molecule has 8 nitrogen and oxygen atoms in total. The molecule has 1 fully saturated rings. The normalized spacial score (nSPS) is 17.1. The maximum absolute atomic E-state index is 12.1. The molecule has 8 heteroatoms. The summed E-state index contributed by atoms with van der Waals surface area (Å²) in [5.74, 6) is 1.50. The van der Waals surface area contributed by atoms with Crippen LogP contribution >= 0.6 is 0 Å². The number of carbonyl (C=O) groups is 1. The highest BCUT2D eigenvalue weighted by atomic mass is 16.5. The minimum absolute atomic E-state index is 0.0812. The summed E-state index contributed by atoms with van der Waals surface area (Å²) in [6, 6.07) is 7.82. The molecule has 0 N–H and O–H groups in total. The third-order valence-corrected chi connectivity index (χ3v) is 4.92. The van der Waals surface area contributed by atoms with Crippen LogP contribution in [-0.2, 0) is 9.53 Å². The minimum atomic E-state index is -0.238. The first kappa shape index (κ1) is 21.0. The highest BCUT2D eigenvalue weighted by Gasteiger charge is 2.28. The number of benzene rings is 1. The van der Waals surface area contributed by atoms with Crippen LogP contribution in [0.2, 0.25) is 0 Å². The van der Waals surface area contributed by atoms with Crippen molar-refractivity contribution in [1.82, 2.24) is 19.8 Å². The Labute approximate surface area is 172 Å². The molecule has 0 unspecified atom stereocenters. The van der Waals surface area contributed by atoms with Gasteiger partial charge in [-0.05, 0) is 17.7 Å². The molecule has 1 atom stereocenters. The first-order valence-electron chi connectivity index (χ1n) is 9.62. The molecule has 0 radical (unpaired) electrons. The highest BCUT2D eigenvalue weighted by Crippen LogP contribution is 2.32. The number of likely N-dealkylation sites (N-methyl/N-ethyl adjacent to an activating group) is 1. The Morgan fingerprint density at radius 3 is 2.59 bits per heavy atom. The highest BCUT2D eigenvalue weighted by molar-refractivity contribution is 5.77. The number of aromatic nitrogens is 2. The Bertz CT molecular complexity index is 839. The molecule has 1 aliphatic heterocycles. The number of carbonyl (C=O) groups excluding carboxylic acids is 1. The first-order valence-corrected chi connectivity index (χ1v) is 9.62. The predicted molar refractivity (Wildman–Crippen MR) is 112 cm³/mol. The summed E-state index contributed by atoms with van der Waals surface area (Å²) in [5.41, 5.74) is 2.75. The van der Waals surface area contributed by atoms with E-state index in [1.54, 1.807) is 26.1 Å². The van der Waals surface area contributed by atoms with Crippen LogP contribution < -0.4 is 9.64 Å². The molecule has 2 heterocycles. The summed E-state index contributed by atoms with van der Waals surface area (Å²) in [4.78, 5) is 27.0. The molecule has 156 valence electrons. The fourth-order valence-corrected chi connectivity index (χ4v) is 3.18. The standard InChI is InChI=1S/C21H29N5O3/c1-24(2)19(27)14-26-10-11-29-18(13-26)20-17(12-22-21(23-20)25(3)4)15-6-8-16(28-5)9-7-15/h6-9,12,18H,10-11,13-14H2,1-5H3/t18-/m1/s1. The van der Waals surface area contributed by atoms with E-state index in [2.05, 4.69) is 9.88 Å². The SMILES string of the molecule is COc1ccc(-c2cnc(N(C)C)nc2[C@H]2CN(CC(=O)N(C)C)CCO2)cc1. The second-order valence-electron chi connectivity index (χ2n) is 7.47. The van der Waals surface area contributed by atoms with Gasteiger partial charge in [-0.1, -0.05) is 12.1 Å². The topological polar surface area (TPSA) is 71.0 Å². The van der Waals surface area contributed by atoms with Crippen molar-refractivity contribution in [2.45, 2.75) is 6.10 Å². The van der Waals surface area contributed by atoms with Gasteiger partial charge >= 0.3 is 0 Å². The van der Waals surface area contributed by atoms with Gasteiger partial charge in [0.25, 0.3) is 0 Å². The molecule has 1 saturated heterocycles. The number of anilines is 1. The van der Waals surface area contributed by atoms with Crippen molar-refractivity contribution in [2.24, 2.45) is 0 Å². The lowest BCUT2D eigenvalue weighted by molar-refractivity contribution is -0.132. The summed E-state index contributed by atoms with van der Waals surface area (Å²) in [5, 5.41) is 0. The molecule has 1 aliphatic rings. The van der Waals surface area contributed by atoms with Crippen molar-refractivity contribution < 1.29 is 14.3 Å². The molecular weight excluding hydrogens is 370 g/mol. The number of methoxy groups -OCH3 is 1. The lowest BCUT2D eigenvalue weighted by atomic mass is 10.0. The third kappa shape index (κ3) is 5.02. The van der Waals surface area contributed by atoms with E-state index in [0.717, 1.165) is 29.1 Å². The van der Waals surface area contributed by atoms with E-state index in [1.807, 2.05) is 49.5 Å². The van der Waals surface area contributed by atoms with Crippen molar-refractivity contribution in [3.05, 3.63) is 36.2 Å². The number of amides is 1. The Hall–Kier alpha value is -2.71. The number of ether oxygens (including phenoxy) is 2. The van der Waals surface area contributed by atoms with Crippen LogP contribution in [-0.4, -0.2) is 87.2 Å². The van der Waals surface area contributed by atoms with Crippen LogP contribution in [0.25, 0.3) is 11.1 Å². The van der Waals surface area contributed by atoms with Gasteiger partial charge in [0.05, 0.1) is 26.0 Å². The Balaban J connectivity index is 1.92. The smallest absolute Gasteiger partial charge is 0.236 e. The van der Waals surface area contributed by atoms with Crippen molar-refractivity contribution in [1.29, 1.82) is 0 Å². The third-order valence-electron chi connectivity index (χ3n) is 4.92. The van der Waals surface area contributed by atoms with Gasteiger partial charge in [0.2, 0.25) is 11.9 Å². The zero-order valence-electron chi connectivity index (χ0n) is 17.8. The Morgan fingerprint density at radius 2 is 1.97 bits per heavy atom. The maximum Gasteiger partial charge on any atom is 0.236 e. The van der Waals surface area contributed by atoms with E-state index in [9.17, 15) is 4.79 Å². The lowest BCUT2D eigenvalue weighted by Crippen LogP contribution is -2.44. The van der Waals surface area contributed by atoms with Gasteiger partial charge in [-0.15, -0.1) is 0 Å². The van der Waals surface area contributed by atoms with Crippen LogP contribution in [0, 0.1) is 0 Å². The van der Waals surface area contributed by atoms with Crippen LogP contribution in [0.15, 0.2) is 30.5 Å². The second kappa shape index (κ2) is 9.19.